The summed E-state index contributed by atoms with van der Waals surface area (Å²) in [5, 5.41) is 0. The van der Waals surface area contributed by atoms with Gasteiger partial charge in [0, 0.05) is 11.5 Å². The summed E-state index contributed by atoms with van der Waals surface area (Å²) in [7, 11) is 3.38. The van der Waals surface area contributed by atoms with E-state index in [4.69, 9.17) is 0 Å². The average molecular weight is 251 g/mol. The second-order valence-corrected chi connectivity index (χ2v) is 6.82. The summed E-state index contributed by atoms with van der Waals surface area (Å²) < 4.78 is 0.589. The molecule has 0 aliphatic heterocycles. The molecule has 10 heavy (non-hydrogen) atoms. The van der Waals surface area contributed by atoms with Crippen molar-refractivity contribution in [2.75, 3.05) is 11.5 Å². The number of thiol groups is 4. The van der Waals surface area contributed by atoms with Crippen molar-refractivity contribution >= 4 is 72.1 Å². The first kappa shape index (κ1) is 12.1. The van der Waals surface area contributed by atoms with Crippen molar-refractivity contribution in [2.24, 2.45) is 0 Å². The molecule has 0 N–H and O–H groups in total. The van der Waals surface area contributed by atoms with E-state index in [1.165, 1.54) is 0 Å². The van der Waals surface area contributed by atoms with Crippen molar-refractivity contribution in [2.45, 2.75) is 9.16 Å². The molecule has 0 aromatic carbocycles. The number of hydrogen-bond acceptors (Lipinski definition) is 6. The second-order valence-electron chi connectivity index (χ2n) is 1.47. The van der Waals surface area contributed by atoms with Gasteiger partial charge in [-0.05, 0) is 0 Å². The molecule has 0 aromatic rings. The first-order valence-corrected chi connectivity index (χ1v) is 7.18. The minimum atomic E-state index is 0.294. The van der Waals surface area contributed by atoms with Crippen LogP contribution in [0.2, 0.25) is 0 Å². The minimum absolute atomic E-state index is 0.294. The van der Waals surface area contributed by atoms with Crippen molar-refractivity contribution in [3.05, 3.63) is 0 Å². The van der Waals surface area contributed by atoms with Gasteiger partial charge in [-0.15, -0.1) is 0 Å². The van der Waals surface area contributed by atoms with Crippen LogP contribution in [0.3, 0.4) is 0 Å². The molecule has 0 heterocycles. The highest BCUT2D eigenvalue weighted by molar-refractivity contribution is 8.79. The Balaban J connectivity index is 3.17. The van der Waals surface area contributed by atoms with Gasteiger partial charge in [-0.2, -0.15) is 50.5 Å². The van der Waals surface area contributed by atoms with Crippen LogP contribution in [0, 0.1) is 0 Å². The standard InChI is InChI=1S/C4H10S6/c5-1-3(7)9-10-4(8)2-6/h3-8H,1-2H2. The summed E-state index contributed by atoms with van der Waals surface area (Å²) in [4.78, 5) is 0. The van der Waals surface area contributed by atoms with E-state index in [1.54, 1.807) is 21.6 Å². The third kappa shape index (κ3) is 6.79. The SMILES string of the molecule is SCC(S)SSC(S)CS. The van der Waals surface area contributed by atoms with Crippen LogP contribution in [0.5, 0.6) is 0 Å². The fraction of sp³-hybridized carbons (Fsp3) is 1.00. The van der Waals surface area contributed by atoms with Crippen LogP contribution in [-0.4, -0.2) is 20.7 Å². The molecular formula is C4H10S6. The number of rotatable bonds is 5. The maximum Gasteiger partial charge on any atom is 0.0664 e. The lowest BCUT2D eigenvalue weighted by molar-refractivity contribution is 1.48. The first-order valence-electron chi connectivity index (χ1n) is 2.60. The topological polar surface area (TPSA) is 0 Å². The Hall–Kier alpha value is 2.10. The zero-order valence-corrected chi connectivity index (χ0v) is 10.4. The van der Waals surface area contributed by atoms with Gasteiger partial charge in [0.2, 0.25) is 0 Å². The lowest BCUT2D eigenvalue weighted by Crippen LogP contribution is -1.95. The number of hydrogen-bond donors (Lipinski definition) is 4. The molecule has 0 amide bonds. The van der Waals surface area contributed by atoms with Crippen molar-refractivity contribution in [3.63, 3.8) is 0 Å². The summed E-state index contributed by atoms with van der Waals surface area (Å²) >= 11 is 16.7. The predicted molar refractivity (Wildman–Crippen MR) is 68.4 cm³/mol. The van der Waals surface area contributed by atoms with Crippen LogP contribution in [0.1, 0.15) is 0 Å². The Morgan fingerprint density at radius 2 is 1.20 bits per heavy atom. The van der Waals surface area contributed by atoms with Gasteiger partial charge in [-0.1, -0.05) is 21.6 Å². The summed E-state index contributed by atoms with van der Waals surface area (Å²) in [5.74, 6) is 1.57. The normalized spacial score (nSPS) is 16.8. The third-order valence-corrected chi connectivity index (χ3v) is 6.86. The molecule has 0 fully saturated rings. The van der Waals surface area contributed by atoms with Gasteiger partial charge in [0.1, 0.15) is 0 Å². The average Bonchev–Trinajstić information content (AvgIpc) is 1.99. The Morgan fingerprint density at radius 1 is 0.900 bits per heavy atom. The Bertz CT molecular complexity index is 66.1. The van der Waals surface area contributed by atoms with E-state index in [0.717, 1.165) is 11.5 Å². The van der Waals surface area contributed by atoms with Crippen molar-refractivity contribution in [1.29, 1.82) is 0 Å². The molecule has 0 bridgehead atoms. The molecule has 62 valence electrons. The zero-order valence-electron chi connectivity index (χ0n) is 5.17. The second kappa shape index (κ2) is 7.73. The lowest BCUT2D eigenvalue weighted by Gasteiger charge is -2.08. The fourth-order valence-corrected chi connectivity index (χ4v) is 3.69. The molecule has 0 nitrogen and oxygen atoms in total. The molecular weight excluding hydrogens is 240 g/mol. The molecule has 0 aromatic heterocycles. The maximum atomic E-state index is 4.25. The highest BCUT2D eigenvalue weighted by Gasteiger charge is 2.05. The monoisotopic (exact) mass is 250 g/mol. The largest absolute Gasteiger partial charge is 0.177 e. The molecule has 0 spiro atoms. The highest BCUT2D eigenvalue weighted by Crippen LogP contribution is 2.35. The van der Waals surface area contributed by atoms with E-state index in [0.29, 0.717) is 9.16 Å². The molecule has 0 saturated heterocycles. The van der Waals surface area contributed by atoms with Crippen LogP contribution >= 0.6 is 72.1 Å². The van der Waals surface area contributed by atoms with Crippen molar-refractivity contribution in [3.8, 4) is 0 Å². The molecule has 0 aliphatic carbocycles. The lowest BCUT2D eigenvalue weighted by atomic mass is 10.9. The van der Waals surface area contributed by atoms with Gasteiger partial charge in [0.25, 0.3) is 0 Å². The van der Waals surface area contributed by atoms with E-state index in [-0.39, 0.29) is 0 Å². The van der Waals surface area contributed by atoms with Crippen LogP contribution in [0.4, 0.5) is 0 Å². The minimum Gasteiger partial charge on any atom is -0.177 e. The van der Waals surface area contributed by atoms with Crippen LogP contribution in [-0.2, 0) is 0 Å². The molecule has 6 heteroatoms. The van der Waals surface area contributed by atoms with E-state index in [1.807, 2.05) is 0 Å². The van der Waals surface area contributed by atoms with Crippen LogP contribution < -0.4 is 0 Å². The highest BCUT2D eigenvalue weighted by atomic mass is 33.1. The van der Waals surface area contributed by atoms with E-state index in [2.05, 4.69) is 50.5 Å². The Labute approximate surface area is 92.1 Å². The van der Waals surface area contributed by atoms with Gasteiger partial charge < -0.3 is 0 Å². The quantitative estimate of drug-likeness (QED) is 0.337. The predicted octanol–water partition coefficient (Wildman–Crippen LogP) is 2.74. The summed E-state index contributed by atoms with van der Waals surface area (Å²) in [5.41, 5.74) is 0. The van der Waals surface area contributed by atoms with E-state index < -0.39 is 0 Å². The fourth-order valence-electron chi connectivity index (χ4n) is 0.189. The van der Waals surface area contributed by atoms with Gasteiger partial charge >= 0.3 is 0 Å². The first-order chi connectivity index (χ1) is 4.70. The van der Waals surface area contributed by atoms with Crippen LogP contribution in [0.15, 0.2) is 0 Å². The molecule has 0 saturated carbocycles. The van der Waals surface area contributed by atoms with Crippen molar-refractivity contribution in [1.82, 2.24) is 0 Å². The van der Waals surface area contributed by atoms with Gasteiger partial charge in [0.15, 0.2) is 0 Å². The Morgan fingerprint density at radius 3 is 1.40 bits per heavy atom. The molecule has 0 rings (SSSR count). The van der Waals surface area contributed by atoms with Gasteiger partial charge in [-0.3, -0.25) is 0 Å². The molecule has 0 aliphatic rings. The summed E-state index contributed by atoms with van der Waals surface area (Å²) in [6.45, 7) is 0. The van der Waals surface area contributed by atoms with E-state index in [9.17, 15) is 0 Å². The molecule has 2 unspecified atom stereocenters. The van der Waals surface area contributed by atoms with Gasteiger partial charge in [-0.25, -0.2) is 0 Å². The Kier molecular flexibility index (Phi) is 9.36. The van der Waals surface area contributed by atoms with Gasteiger partial charge in [0.05, 0.1) is 9.16 Å². The van der Waals surface area contributed by atoms with E-state index >= 15 is 0 Å². The summed E-state index contributed by atoms with van der Waals surface area (Å²) in [6.07, 6.45) is 0. The molecule has 2 atom stereocenters. The van der Waals surface area contributed by atoms with Crippen LogP contribution in [0.25, 0.3) is 0 Å². The summed E-state index contributed by atoms with van der Waals surface area (Å²) in [6, 6.07) is 0. The zero-order chi connectivity index (χ0) is 7.98. The smallest absolute Gasteiger partial charge is 0.0664 e. The third-order valence-electron chi connectivity index (χ3n) is 0.590. The van der Waals surface area contributed by atoms with Crippen molar-refractivity contribution < 1.29 is 0 Å². The maximum absolute atomic E-state index is 4.25. The molecule has 0 radical (unpaired) electrons.